The highest BCUT2D eigenvalue weighted by Gasteiger charge is 2.12. The highest BCUT2D eigenvalue weighted by Crippen LogP contribution is 2.11. The van der Waals surface area contributed by atoms with Crippen LogP contribution in [0.15, 0.2) is 50.3 Å². The topological polar surface area (TPSA) is 132 Å². The average Bonchev–Trinajstić information content (AvgIpc) is 2.54. The van der Waals surface area contributed by atoms with Gasteiger partial charge in [-0.05, 0) is 34.1 Å². The van der Waals surface area contributed by atoms with Crippen LogP contribution in [0.25, 0.3) is 0 Å². The molecule has 0 unspecified atom stereocenters. The van der Waals surface area contributed by atoms with Crippen LogP contribution in [0.4, 0.5) is 5.69 Å². The number of nitro groups is 1. The predicted octanol–water partition coefficient (Wildman–Crippen LogP) is 1.39. The normalized spacial score (nSPS) is 9.96. The fourth-order valence-electron chi connectivity index (χ4n) is 1.51. The van der Waals surface area contributed by atoms with Gasteiger partial charge in [0.1, 0.15) is 10.7 Å². The number of hydrogen-bond donors (Lipinski definition) is 2. The van der Waals surface area contributed by atoms with E-state index in [1.807, 2.05) is 0 Å². The number of carbonyl (C=O) groups excluding carboxylic acids is 2. The molecular formula is C13H8BrN3O6. The lowest BCUT2D eigenvalue weighted by Crippen LogP contribution is -2.41. The molecule has 0 fully saturated rings. The van der Waals surface area contributed by atoms with E-state index in [9.17, 15) is 24.5 Å². The van der Waals surface area contributed by atoms with Gasteiger partial charge in [-0.15, -0.1) is 0 Å². The van der Waals surface area contributed by atoms with Gasteiger partial charge in [-0.2, -0.15) is 0 Å². The molecule has 2 aromatic rings. The molecule has 0 saturated carbocycles. The zero-order valence-corrected chi connectivity index (χ0v) is 12.8. The zero-order valence-electron chi connectivity index (χ0n) is 11.2. The van der Waals surface area contributed by atoms with E-state index in [2.05, 4.69) is 31.2 Å². The van der Waals surface area contributed by atoms with E-state index in [1.165, 1.54) is 30.3 Å². The number of nitrogens with one attached hydrogen (secondary N) is 2. The summed E-state index contributed by atoms with van der Waals surface area (Å²) in [5, 5.41) is 10.5. The van der Waals surface area contributed by atoms with Crippen molar-refractivity contribution in [2.75, 3.05) is 0 Å². The molecule has 2 amide bonds. The number of non-ortho nitro benzene ring substituents is 1. The summed E-state index contributed by atoms with van der Waals surface area (Å²) in [7, 11) is 0. The van der Waals surface area contributed by atoms with Crippen LogP contribution in [-0.4, -0.2) is 16.7 Å². The summed E-state index contributed by atoms with van der Waals surface area (Å²) < 4.78 is 4.66. The molecule has 0 radical (unpaired) electrons. The number of nitro benzene ring substituents is 1. The highest BCUT2D eigenvalue weighted by atomic mass is 79.9. The Labute approximate surface area is 136 Å². The van der Waals surface area contributed by atoms with Crippen LogP contribution in [0.2, 0.25) is 0 Å². The van der Waals surface area contributed by atoms with Gasteiger partial charge in [-0.25, -0.2) is 4.79 Å². The standard InChI is InChI=1S/C13H8BrN3O6/c14-10-5-8(6-23-13(10)20)12(19)16-15-11(18)7-1-3-9(4-2-7)17(21)22/h1-6H,(H,15,18)(H,16,19). The van der Waals surface area contributed by atoms with Crippen LogP contribution in [0, 0.1) is 10.1 Å². The van der Waals surface area contributed by atoms with Crippen molar-refractivity contribution >= 4 is 33.4 Å². The summed E-state index contributed by atoms with van der Waals surface area (Å²) in [6, 6.07) is 6.06. The van der Waals surface area contributed by atoms with Gasteiger partial charge in [0, 0.05) is 17.7 Å². The maximum absolute atomic E-state index is 11.8. The highest BCUT2D eigenvalue weighted by molar-refractivity contribution is 9.10. The fraction of sp³-hybridized carbons (Fsp3) is 0. The van der Waals surface area contributed by atoms with Crippen LogP contribution in [-0.2, 0) is 0 Å². The van der Waals surface area contributed by atoms with Gasteiger partial charge in [0.25, 0.3) is 17.5 Å². The van der Waals surface area contributed by atoms with E-state index in [-0.39, 0.29) is 21.3 Å². The number of benzene rings is 1. The van der Waals surface area contributed by atoms with Crippen LogP contribution in [0.3, 0.4) is 0 Å². The molecule has 0 aliphatic rings. The van der Waals surface area contributed by atoms with E-state index in [0.29, 0.717) is 0 Å². The number of amides is 2. The van der Waals surface area contributed by atoms with E-state index in [4.69, 9.17) is 0 Å². The molecule has 1 aromatic carbocycles. The third-order valence-corrected chi connectivity index (χ3v) is 3.21. The SMILES string of the molecule is O=C(NNC(=O)c1coc(=O)c(Br)c1)c1ccc([N+](=O)[O-])cc1. The number of halogens is 1. The summed E-state index contributed by atoms with van der Waals surface area (Å²) in [6.07, 6.45) is 0.945. The molecule has 2 N–H and O–H groups in total. The molecule has 0 bridgehead atoms. The first kappa shape index (κ1) is 16.4. The molecule has 0 atom stereocenters. The summed E-state index contributed by atoms with van der Waals surface area (Å²) in [5.74, 6) is -1.37. The largest absolute Gasteiger partial charge is 0.430 e. The molecule has 9 nitrogen and oxygen atoms in total. The molecule has 23 heavy (non-hydrogen) atoms. The van der Waals surface area contributed by atoms with Crippen molar-refractivity contribution < 1.29 is 18.9 Å². The summed E-state index contributed by atoms with van der Waals surface area (Å²) in [6.45, 7) is 0. The summed E-state index contributed by atoms with van der Waals surface area (Å²) in [5.41, 5.74) is 3.60. The van der Waals surface area contributed by atoms with E-state index in [0.717, 1.165) is 6.26 Å². The predicted molar refractivity (Wildman–Crippen MR) is 80.7 cm³/mol. The quantitative estimate of drug-likeness (QED) is 0.609. The Morgan fingerprint density at radius 1 is 1.09 bits per heavy atom. The number of carbonyl (C=O) groups is 2. The minimum atomic E-state index is -0.704. The smallest absolute Gasteiger partial charge is 0.350 e. The molecule has 2 rings (SSSR count). The van der Waals surface area contributed by atoms with Gasteiger partial charge < -0.3 is 4.42 Å². The average molecular weight is 382 g/mol. The summed E-state index contributed by atoms with van der Waals surface area (Å²) in [4.78, 5) is 44.6. The molecule has 1 aromatic heterocycles. The van der Waals surface area contributed by atoms with E-state index in [1.54, 1.807) is 0 Å². The van der Waals surface area contributed by atoms with Gasteiger partial charge in [0.15, 0.2) is 0 Å². The summed E-state index contributed by atoms with van der Waals surface area (Å²) >= 11 is 2.92. The molecule has 0 saturated heterocycles. The second-order valence-corrected chi connectivity index (χ2v) is 5.04. The van der Waals surface area contributed by atoms with Crippen molar-refractivity contribution in [1.29, 1.82) is 0 Å². The van der Waals surface area contributed by atoms with Crippen molar-refractivity contribution in [3.05, 3.63) is 72.7 Å². The number of hydrogen-bond acceptors (Lipinski definition) is 6. The minimum absolute atomic E-state index is 0.0143. The second-order valence-electron chi connectivity index (χ2n) is 4.18. The van der Waals surface area contributed by atoms with Crippen LogP contribution < -0.4 is 16.5 Å². The van der Waals surface area contributed by atoms with E-state index >= 15 is 0 Å². The lowest BCUT2D eigenvalue weighted by molar-refractivity contribution is -0.384. The Hall–Kier alpha value is -3.01. The van der Waals surface area contributed by atoms with Crippen LogP contribution in [0.5, 0.6) is 0 Å². The third kappa shape index (κ3) is 4.01. The van der Waals surface area contributed by atoms with Crippen molar-refractivity contribution in [3.63, 3.8) is 0 Å². The molecule has 0 spiro atoms. The lowest BCUT2D eigenvalue weighted by Gasteiger charge is -2.07. The Kier molecular flexibility index (Phi) is 4.86. The molecular weight excluding hydrogens is 374 g/mol. The first-order chi connectivity index (χ1) is 10.9. The Balaban J connectivity index is 2.00. The fourth-order valence-corrected chi connectivity index (χ4v) is 1.85. The van der Waals surface area contributed by atoms with Crippen LogP contribution >= 0.6 is 15.9 Å². The molecule has 10 heteroatoms. The second kappa shape index (κ2) is 6.83. The van der Waals surface area contributed by atoms with Gasteiger partial charge >= 0.3 is 5.63 Å². The first-order valence-corrected chi connectivity index (χ1v) is 6.81. The number of nitrogens with zero attached hydrogens (tertiary/aromatic N) is 1. The van der Waals surface area contributed by atoms with Crippen molar-refractivity contribution in [2.24, 2.45) is 0 Å². The first-order valence-electron chi connectivity index (χ1n) is 6.02. The van der Waals surface area contributed by atoms with Crippen molar-refractivity contribution in [3.8, 4) is 0 Å². The maximum Gasteiger partial charge on any atom is 0.350 e. The number of hydrazine groups is 1. The monoisotopic (exact) mass is 381 g/mol. The molecule has 1 heterocycles. The van der Waals surface area contributed by atoms with Gasteiger partial charge in [-0.3, -0.25) is 30.6 Å². The van der Waals surface area contributed by atoms with Gasteiger partial charge in [-0.1, -0.05) is 0 Å². The lowest BCUT2D eigenvalue weighted by atomic mass is 10.2. The maximum atomic E-state index is 11.8. The van der Waals surface area contributed by atoms with Gasteiger partial charge in [0.05, 0.1) is 10.5 Å². The molecule has 0 aliphatic carbocycles. The van der Waals surface area contributed by atoms with Crippen LogP contribution in [0.1, 0.15) is 20.7 Å². The Morgan fingerprint density at radius 3 is 2.17 bits per heavy atom. The molecule has 0 aliphatic heterocycles. The number of rotatable bonds is 3. The molecule has 118 valence electrons. The van der Waals surface area contributed by atoms with Crippen molar-refractivity contribution in [1.82, 2.24) is 10.9 Å². The Bertz CT molecular complexity index is 830. The van der Waals surface area contributed by atoms with Crippen molar-refractivity contribution in [2.45, 2.75) is 0 Å². The third-order valence-electron chi connectivity index (χ3n) is 2.66. The Morgan fingerprint density at radius 2 is 1.65 bits per heavy atom. The van der Waals surface area contributed by atoms with E-state index < -0.39 is 22.4 Å². The van der Waals surface area contributed by atoms with Gasteiger partial charge in [0.2, 0.25) is 0 Å². The minimum Gasteiger partial charge on any atom is -0.430 e. The zero-order chi connectivity index (χ0) is 17.0.